The zero-order valence-electron chi connectivity index (χ0n) is 21.6. The van der Waals surface area contributed by atoms with Crippen LogP contribution < -0.4 is 5.32 Å². The van der Waals surface area contributed by atoms with Crippen molar-refractivity contribution in [2.45, 2.75) is 65.5 Å². The maximum atomic E-state index is 13.6. The van der Waals surface area contributed by atoms with E-state index < -0.39 is 23.4 Å². The lowest BCUT2D eigenvalue weighted by Gasteiger charge is -2.23. The van der Waals surface area contributed by atoms with Gasteiger partial charge in [-0.25, -0.2) is 9.07 Å². The predicted molar refractivity (Wildman–Crippen MR) is 145 cm³/mol. The van der Waals surface area contributed by atoms with Gasteiger partial charge in [0.1, 0.15) is 11.4 Å². The van der Waals surface area contributed by atoms with Crippen LogP contribution in [0, 0.1) is 11.7 Å². The van der Waals surface area contributed by atoms with Crippen LogP contribution in [0.25, 0.3) is 16.9 Å². The molecule has 1 aromatic heterocycles. The first-order valence-corrected chi connectivity index (χ1v) is 12.9. The Balaban J connectivity index is 1.96. The molecule has 0 aliphatic rings. The van der Waals surface area contributed by atoms with Gasteiger partial charge in [-0.3, -0.25) is 9.59 Å². The van der Waals surface area contributed by atoms with Gasteiger partial charge in [-0.15, -0.1) is 0 Å². The number of hydrogen-bond donors (Lipinski definition) is 1. The molecule has 1 heterocycles. The van der Waals surface area contributed by atoms with Crippen LogP contribution in [0.15, 0.2) is 48.5 Å². The molecule has 3 aromatic rings. The summed E-state index contributed by atoms with van der Waals surface area (Å²) in [4.78, 5) is 25.9. The number of hydrogen-bond acceptors (Lipinski definition) is 4. The molecule has 9 heteroatoms. The molecule has 0 unspecified atom stereocenters. The fourth-order valence-electron chi connectivity index (χ4n) is 3.80. The van der Waals surface area contributed by atoms with E-state index in [1.807, 2.05) is 0 Å². The third kappa shape index (κ3) is 8.04. The Hall–Kier alpha value is -2.90. The average molecular weight is 548 g/mol. The summed E-state index contributed by atoms with van der Waals surface area (Å²) in [5.74, 6) is -0.851. The molecule has 0 bridgehead atoms. The molecule has 0 spiro atoms. The van der Waals surface area contributed by atoms with Crippen molar-refractivity contribution in [3.8, 4) is 16.9 Å². The third-order valence-corrected chi connectivity index (χ3v) is 6.12. The zero-order valence-corrected chi connectivity index (χ0v) is 23.2. The van der Waals surface area contributed by atoms with Crippen molar-refractivity contribution >= 4 is 35.1 Å². The van der Waals surface area contributed by atoms with Crippen molar-refractivity contribution in [1.82, 2.24) is 15.1 Å². The topological polar surface area (TPSA) is 73.2 Å². The number of amides is 1. The van der Waals surface area contributed by atoms with E-state index in [0.29, 0.717) is 39.3 Å². The van der Waals surface area contributed by atoms with Crippen LogP contribution in [0.2, 0.25) is 10.0 Å². The van der Waals surface area contributed by atoms with Crippen molar-refractivity contribution < 1.29 is 18.7 Å². The Morgan fingerprint density at radius 3 is 2.24 bits per heavy atom. The molecule has 1 amide bonds. The zero-order chi connectivity index (χ0) is 27.3. The van der Waals surface area contributed by atoms with E-state index in [0.717, 1.165) is 6.42 Å². The molecule has 0 radical (unpaired) electrons. The minimum atomic E-state index is -0.624. The number of esters is 1. The summed E-state index contributed by atoms with van der Waals surface area (Å²) in [6, 6.07) is 11.9. The number of halogens is 3. The first-order chi connectivity index (χ1) is 17.3. The van der Waals surface area contributed by atoms with Crippen molar-refractivity contribution in [2.24, 2.45) is 5.92 Å². The first kappa shape index (κ1) is 28.7. The summed E-state index contributed by atoms with van der Waals surface area (Å²) < 4.78 is 20.6. The van der Waals surface area contributed by atoms with Gasteiger partial charge in [0.25, 0.3) is 5.91 Å². The van der Waals surface area contributed by atoms with E-state index in [9.17, 15) is 14.0 Å². The van der Waals surface area contributed by atoms with E-state index in [-0.39, 0.29) is 18.1 Å². The van der Waals surface area contributed by atoms with Gasteiger partial charge in [0.05, 0.1) is 27.8 Å². The number of ether oxygens (including phenoxy) is 1. The van der Waals surface area contributed by atoms with Crippen LogP contribution in [0.4, 0.5) is 4.39 Å². The Bertz CT molecular complexity index is 1230. The Morgan fingerprint density at radius 1 is 1.05 bits per heavy atom. The van der Waals surface area contributed by atoms with E-state index in [2.05, 4.69) is 24.3 Å². The number of rotatable bonds is 9. The summed E-state index contributed by atoms with van der Waals surface area (Å²) >= 11 is 12.9. The summed E-state index contributed by atoms with van der Waals surface area (Å²) in [5.41, 5.74) is 0.969. The fourth-order valence-corrected chi connectivity index (χ4v) is 4.39. The van der Waals surface area contributed by atoms with Gasteiger partial charge in [0.2, 0.25) is 0 Å². The lowest BCUT2D eigenvalue weighted by atomic mass is 10.0. The highest BCUT2D eigenvalue weighted by Gasteiger charge is 2.25. The molecule has 0 saturated heterocycles. The highest BCUT2D eigenvalue weighted by Crippen LogP contribution is 2.36. The molecule has 6 nitrogen and oxygen atoms in total. The molecular weight excluding hydrogens is 516 g/mol. The third-order valence-electron chi connectivity index (χ3n) is 5.49. The summed E-state index contributed by atoms with van der Waals surface area (Å²) in [5, 5.41) is 8.20. The molecule has 0 aliphatic heterocycles. The maximum absolute atomic E-state index is 13.6. The number of nitrogens with zero attached hydrogens (tertiary/aromatic N) is 2. The highest BCUT2D eigenvalue weighted by molar-refractivity contribution is 6.39. The predicted octanol–water partition coefficient (Wildman–Crippen LogP) is 7.25. The van der Waals surface area contributed by atoms with E-state index in [4.69, 9.17) is 27.9 Å². The van der Waals surface area contributed by atoms with E-state index in [1.54, 1.807) is 57.2 Å². The van der Waals surface area contributed by atoms with E-state index in [1.165, 1.54) is 16.8 Å². The summed E-state index contributed by atoms with van der Waals surface area (Å²) in [6.07, 6.45) is 1.46. The molecule has 0 saturated carbocycles. The molecule has 1 atom stereocenters. The number of benzene rings is 2. The Kier molecular flexibility index (Phi) is 9.37. The molecule has 1 N–H and O–H groups in total. The smallest absolute Gasteiger partial charge is 0.308 e. The van der Waals surface area contributed by atoms with Crippen LogP contribution in [0.3, 0.4) is 0 Å². The molecule has 198 valence electrons. The van der Waals surface area contributed by atoms with Gasteiger partial charge < -0.3 is 10.1 Å². The minimum Gasteiger partial charge on any atom is -0.460 e. The van der Waals surface area contributed by atoms with E-state index >= 15 is 0 Å². The lowest BCUT2D eigenvalue weighted by Crippen LogP contribution is -2.38. The van der Waals surface area contributed by atoms with Gasteiger partial charge in [0.15, 0.2) is 5.69 Å². The van der Waals surface area contributed by atoms with Gasteiger partial charge in [0, 0.05) is 11.6 Å². The van der Waals surface area contributed by atoms with Crippen LogP contribution in [-0.4, -0.2) is 33.3 Å². The standard InChI is InChI=1S/C28H32Cl2FN3O3/c1-17(2)9-12-19(15-25(35)37-28(3,4)5)32-27(36)23-16-24(26-21(29)7-6-8-22(26)30)34(33-23)20-13-10-18(31)11-14-20/h6-8,10-11,13-14,16-17,19H,9,12,15H2,1-5H3,(H,32,36)/t19-/m0/s1. The van der Waals surface area contributed by atoms with Crippen LogP contribution in [0.1, 0.15) is 64.4 Å². The second kappa shape index (κ2) is 12.1. The molecule has 3 rings (SSSR count). The normalized spacial score (nSPS) is 12.5. The van der Waals surface area contributed by atoms with Crippen LogP contribution >= 0.6 is 23.2 Å². The molecule has 0 fully saturated rings. The SMILES string of the molecule is CC(C)CC[C@@H](CC(=O)OC(C)(C)C)NC(=O)c1cc(-c2c(Cl)cccc2Cl)n(-c2ccc(F)cc2)n1. The monoisotopic (exact) mass is 547 g/mol. The lowest BCUT2D eigenvalue weighted by molar-refractivity contribution is -0.155. The summed E-state index contributed by atoms with van der Waals surface area (Å²) in [7, 11) is 0. The second-order valence-electron chi connectivity index (χ2n) is 10.3. The Labute approximate surface area is 227 Å². The molecular formula is C28H32Cl2FN3O3. The molecule has 0 aliphatic carbocycles. The summed E-state index contributed by atoms with van der Waals surface area (Å²) in [6.45, 7) is 9.56. The van der Waals surface area contributed by atoms with Gasteiger partial charge in [-0.05, 0) is 82.0 Å². The van der Waals surface area contributed by atoms with Crippen LogP contribution in [-0.2, 0) is 9.53 Å². The maximum Gasteiger partial charge on any atom is 0.308 e. The minimum absolute atomic E-state index is 0.0393. The van der Waals surface area contributed by atoms with Gasteiger partial charge in [-0.2, -0.15) is 5.10 Å². The number of carbonyl (C=O) groups is 2. The van der Waals surface area contributed by atoms with Crippen molar-refractivity contribution in [2.75, 3.05) is 0 Å². The van der Waals surface area contributed by atoms with Crippen molar-refractivity contribution in [3.63, 3.8) is 0 Å². The largest absolute Gasteiger partial charge is 0.460 e. The first-order valence-electron chi connectivity index (χ1n) is 12.2. The number of carbonyl (C=O) groups excluding carboxylic acids is 2. The Morgan fingerprint density at radius 2 is 1.68 bits per heavy atom. The quantitative estimate of drug-likeness (QED) is 0.286. The second-order valence-corrected chi connectivity index (χ2v) is 11.1. The van der Waals surface area contributed by atoms with Gasteiger partial charge in [-0.1, -0.05) is 43.1 Å². The average Bonchev–Trinajstić information content (AvgIpc) is 3.21. The van der Waals surface area contributed by atoms with Crippen LogP contribution in [0.5, 0.6) is 0 Å². The molecule has 2 aromatic carbocycles. The van der Waals surface area contributed by atoms with Crippen molar-refractivity contribution in [1.29, 1.82) is 0 Å². The molecule has 37 heavy (non-hydrogen) atoms. The van der Waals surface area contributed by atoms with Crippen molar-refractivity contribution in [3.05, 3.63) is 70.1 Å². The number of nitrogens with one attached hydrogen (secondary N) is 1. The van der Waals surface area contributed by atoms with Gasteiger partial charge >= 0.3 is 5.97 Å². The highest BCUT2D eigenvalue weighted by atomic mass is 35.5. The fraction of sp³-hybridized carbons (Fsp3) is 0.393. The number of aromatic nitrogens is 2.